The number of hydrogen-bond donors (Lipinski definition) is 1. The normalized spacial score (nSPS) is 11.7. The van der Waals surface area contributed by atoms with Gasteiger partial charge in [0.1, 0.15) is 11.5 Å². The summed E-state index contributed by atoms with van der Waals surface area (Å²) in [5.41, 5.74) is -0.147. The summed E-state index contributed by atoms with van der Waals surface area (Å²) >= 11 is 0. The molecule has 0 aliphatic carbocycles. The Labute approximate surface area is 117 Å². The van der Waals surface area contributed by atoms with Gasteiger partial charge in [0.15, 0.2) is 0 Å². The van der Waals surface area contributed by atoms with Gasteiger partial charge in [-0.15, -0.1) is 13.2 Å². The van der Waals surface area contributed by atoms with Crippen molar-refractivity contribution in [3.05, 3.63) is 24.3 Å². The van der Waals surface area contributed by atoms with Gasteiger partial charge >= 0.3 is 12.3 Å². The first-order chi connectivity index (χ1) is 9.76. The van der Waals surface area contributed by atoms with Gasteiger partial charge < -0.3 is 9.84 Å². The van der Waals surface area contributed by atoms with Gasteiger partial charge in [-0.05, 0) is 30.7 Å². The summed E-state index contributed by atoms with van der Waals surface area (Å²) in [6.45, 7) is 1.54. The molecule has 0 saturated carbocycles. The Hall–Kier alpha value is -2.76. The fourth-order valence-electron chi connectivity index (χ4n) is 1.31. The maximum Gasteiger partial charge on any atom is 0.573 e. The van der Waals surface area contributed by atoms with E-state index in [0.29, 0.717) is 5.01 Å². The van der Waals surface area contributed by atoms with Crippen molar-refractivity contribution in [2.45, 2.75) is 19.7 Å². The first-order valence-corrected chi connectivity index (χ1v) is 5.63. The molecule has 6 nitrogen and oxygen atoms in total. The minimum Gasteiger partial charge on any atom is -0.477 e. The lowest BCUT2D eigenvalue weighted by Gasteiger charge is -2.12. The maximum absolute atomic E-state index is 12.0. The summed E-state index contributed by atoms with van der Waals surface area (Å²) in [6, 6.07) is 4.30. The van der Waals surface area contributed by atoms with Crippen LogP contribution in [0, 0.1) is 11.5 Å². The SMILES string of the molecule is CCC(=NN(C#N)c1ccc(OC(F)(F)F)cc1)C(=O)O. The van der Waals surface area contributed by atoms with Gasteiger partial charge in [-0.2, -0.15) is 15.4 Å². The topological polar surface area (TPSA) is 85.9 Å². The van der Waals surface area contributed by atoms with Crippen molar-refractivity contribution in [1.29, 1.82) is 5.26 Å². The summed E-state index contributed by atoms with van der Waals surface area (Å²) in [4.78, 5) is 10.8. The molecule has 0 amide bonds. The zero-order valence-electron chi connectivity index (χ0n) is 10.8. The average molecular weight is 301 g/mol. The molecule has 112 valence electrons. The Balaban J connectivity index is 2.98. The molecule has 1 aromatic carbocycles. The summed E-state index contributed by atoms with van der Waals surface area (Å²) in [6.07, 6.45) is -3.10. The van der Waals surface area contributed by atoms with Crippen LogP contribution in [0.5, 0.6) is 5.75 Å². The van der Waals surface area contributed by atoms with Crippen molar-refractivity contribution in [3.8, 4) is 11.9 Å². The van der Waals surface area contributed by atoms with Gasteiger partial charge in [-0.1, -0.05) is 6.92 Å². The molecule has 0 radical (unpaired) electrons. The van der Waals surface area contributed by atoms with Crippen molar-refractivity contribution in [3.63, 3.8) is 0 Å². The highest BCUT2D eigenvalue weighted by Gasteiger charge is 2.31. The van der Waals surface area contributed by atoms with E-state index in [0.717, 1.165) is 24.3 Å². The molecular formula is C12H10F3N3O3. The van der Waals surface area contributed by atoms with Gasteiger partial charge in [0.05, 0.1) is 5.69 Å². The quantitative estimate of drug-likeness (QED) is 0.391. The maximum atomic E-state index is 12.0. The third-order valence-corrected chi connectivity index (χ3v) is 2.21. The third kappa shape index (κ3) is 5.02. The highest BCUT2D eigenvalue weighted by Crippen LogP contribution is 2.25. The van der Waals surface area contributed by atoms with Gasteiger partial charge in [-0.3, -0.25) is 0 Å². The summed E-state index contributed by atoms with van der Waals surface area (Å²) < 4.78 is 39.7. The van der Waals surface area contributed by atoms with Gasteiger partial charge in [-0.25, -0.2) is 4.79 Å². The van der Waals surface area contributed by atoms with Crippen molar-refractivity contribution in [2.24, 2.45) is 5.10 Å². The molecule has 0 bridgehead atoms. The first kappa shape index (κ1) is 16.3. The lowest BCUT2D eigenvalue weighted by molar-refractivity contribution is -0.274. The van der Waals surface area contributed by atoms with E-state index in [1.165, 1.54) is 0 Å². The van der Waals surface area contributed by atoms with E-state index in [1.54, 1.807) is 13.1 Å². The second kappa shape index (κ2) is 6.60. The fraction of sp³-hybridized carbons (Fsp3) is 0.250. The van der Waals surface area contributed by atoms with E-state index < -0.39 is 18.1 Å². The van der Waals surface area contributed by atoms with E-state index in [2.05, 4.69) is 9.84 Å². The molecule has 1 aromatic rings. The van der Waals surface area contributed by atoms with Crippen molar-refractivity contribution in [2.75, 3.05) is 5.01 Å². The second-order valence-corrected chi connectivity index (χ2v) is 3.66. The Kier molecular flexibility index (Phi) is 5.12. The van der Waals surface area contributed by atoms with Crippen LogP contribution in [0.3, 0.4) is 0 Å². The number of nitrogens with zero attached hydrogens (tertiary/aromatic N) is 3. The van der Waals surface area contributed by atoms with Gasteiger partial charge in [0.25, 0.3) is 0 Å². The molecule has 0 aromatic heterocycles. The van der Waals surface area contributed by atoms with E-state index in [1.807, 2.05) is 0 Å². The molecule has 0 atom stereocenters. The number of ether oxygens (including phenoxy) is 1. The average Bonchev–Trinajstić information content (AvgIpc) is 2.39. The smallest absolute Gasteiger partial charge is 0.477 e. The van der Waals surface area contributed by atoms with Crippen LogP contribution in [0.25, 0.3) is 0 Å². The number of hydrazone groups is 1. The Morgan fingerprint density at radius 2 is 2.00 bits per heavy atom. The number of anilines is 1. The van der Waals surface area contributed by atoms with Crippen molar-refractivity contribution >= 4 is 17.4 Å². The molecule has 0 heterocycles. The molecule has 0 fully saturated rings. The number of alkyl halides is 3. The molecule has 0 unspecified atom stereocenters. The minimum absolute atomic E-state index is 0.0861. The number of halogens is 3. The number of nitriles is 1. The van der Waals surface area contributed by atoms with Gasteiger partial charge in [0, 0.05) is 0 Å². The van der Waals surface area contributed by atoms with Crippen LogP contribution in [-0.2, 0) is 4.79 Å². The number of hydrogen-bond acceptors (Lipinski definition) is 5. The van der Waals surface area contributed by atoms with E-state index >= 15 is 0 Å². The number of rotatable bonds is 5. The number of carboxylic acids is 1. The van der Waals surface area contributed by atoms with Crippen LogP contribution in [0.2, 0.25) is 0 Å². The van der Waals surface area contributed by atoms with Crippen LogP contribution in [0.4, 0.5) is 18.9 Å². The van der Waals surface area contributed by atoms with E-state index in [9.17, 15) is 18.0 Å². The van der Waals surface area contributed by atoms with Crippen LogP contribution in [0.15, 0.2) is 29.4 Å². The van der Waals surface area contributed by atoms with Crippen LogP contribution >= 0.6 is 0 Å². The molecule has 0 aliphatic heterocycles. The second-order valence-electron chi connectivity index (χ2n) is 3.66. The summed E-state index contributed by atoms with van der Waals surface area (Å²) in [5.74, 6) is -1.74. The molecule has 0 saturated heterocycles. The lowest BCUT2D eigenvalue weighted by Crippen LogP contribution is -2.19. The predicted molar refractivity (Wildman–Crippen MR) is 66.6 cm³/mol. The zero-order valence-corrected chi connectivity index (χ0v) is 10.8. The molecule has 1 N–H and O–H groups in total. The standard InChI is InChI=1S/C12H10F3N3O3/c1-2-10(11(19)20)17-18(7-16)8-3-5-9(6-4-8)21-12(13,14)15/h3-6H,2H2,1H3,(H,19,20). The Bertz CT molecular complexity index is 576. The predicted octanol–water partition coefficient (Wildman–Crippen LogP) is 2.72. The van der Waals surface area contributed by atoms with E-state index in [-0.39, 0.29) is 17.8 Å². The third-order valence-electron chi connectivity index (χ3n) is 2.21. The lowest BCUT2D eigenvalue weighted by atomic mass is 10.3. The van der Waals surface area contributed by atoms with Crippen LogP contribution in [-0.4, -0.2) is 23.1 Å². The Morgan fingerprint density at radius 1 is 1.43 bits per heavy atom. The molecule has 0 spiro atoms. The number of carbonyl (C=O) groups is 1. The van der Waals surface area contributed by atoms with Crippen LogP contribution in [0.1, 0.15) is 13.3 Å². The van der Waals surface area contributed by atoms with Crippen molar-refractivity contribution in [1.82, 2.24) is 0 Å². The fourth-order valence-corrected chi connectivity index (χ4v) is 1.31. The number of benzene rings is 1. The largest absolute Gasteiger partial charge is 0.573 e. The molecular weight excluding hydrogens is 291 g/mol. The minimum atomic E-state index is -4.81. The molecule has 21 heavy (non-hydrogen) atoms. The number of aliphatic carboxylic acids is 1. The van der Waals surface area contributed by atoms with Crippen molar-refractivity contribution < 1.29 is 27.8 Å². The number of carboxylic acid groups (broad SMARTS) is 1. The highest BCUT2D eigenvalue weighted by atomic mass is 19.4. The highest BCUT2D eigenvalue weighted by molar-refractivity contribution is 6.35. The Morgan fingerprint density at radius 3 is 2.38 bits per heavy atom. The summed E-state index contributed by atoms with van der Waals surface area (Å²) in [7, 11) is 0. The van der Waals surface area contributed by atoms with E-state index in [4.69, 9.17) is 10.4 Å². The molecule has 0 aliphatic rings. The van der Waals surface area contributed by atoms with Gasteiger partial charge in [0.2, 0.25) is 6.19 Å². The zero-order chi connectivity index (χ0) is 16.0. The molecule has 9 heteroatoms. The monoisotopic (exact) mass is 301 g/mol. The summed E-state index contributed by atoms with van der Waals surface area (Å²) in [5, 5.41) is 22.1. The molecule has 1 rings (SSSR count). The van der Waals surface area contributed by atoms with Crippen LogP contribution < -0.4 is 9.75 Å². The first-order valence-electron chi connectivity index (χ1n) is 5.63.